The minimum absolute atomic E-state index is 0.0808. The Morgan fingerprint density at radius 1 is 1.53 bits per heavy atom. The first kappa shape index (κ1) is 11.4. The van der Waals surface area contributed by atoms with E-state index >= 15 is 0 Å². The number of nitrogens with one attached hydrogen (secondary N) is 1. The average Bonchev–Trinajstić information content (AvgIpc) is 2.20. The average molecular weight is 211 g/mol. The first-order chi connectivity index (χ1) is 7.22. The van der Waals surface area contributed by atoms with Gasteiger partial charge in [-0.3, -0.25) is 4.79 Å². The largest absolute Gasteiger partial charge is 0.477 e. The van der Waals surface area contributed by atoms with E-state index in [1.807, 2.05) is 0 Å². The molecule has 0 atom stereocenters. The van der Waals surface area contributed by atoms with Crippen LogP contribution in [0.1, 0.15) is 13.3 Å². The van der Waals surface area contributed by atoms with E-state index < -0.39 is 0 Å². The molecule has 82 valence electrons. The third kappa shape index (κ3) is 4.37. The maximum Gasteiger partial charge on any atom is 0.233 e. The molecule has 0 aliphatic heterocycles. The van der Waals surface area contributed by atoms with Crippen molar-refractivity contribution >= 4 is 11.7 Å². The summed E-state index contributed by atoms with van der Waals surface area (Å²) >= 11 is 0. The Morgan fingerprint density at radius 3 is 2.87 bits per heavy atom. The van der Waals surface area contributed by atoms with Crippen molar-refractivity contribution in [3.05, 3.63) is 12.1 Å². The summed E-state index contributed by atoms with van der Waals surface area (Å²) in [4.78, 5) is 10.7. The van der Waals surface area contributed by atoms with Crippen molar-refractivity contribution in [1.82, 2.24) is 10.2 Å². The number of rotatable bonds is 5. The van der Waals surface area contributed by atoms with Crippen LogP contribution in [-0.4, -0.2) is 34.4 Å². The molecule has 0 saturated carbocycles. The molecule has 0 aromatic carbocycles. The third-order valence-corrected chi connectivity index (χ3v) is 1.50. The monoisotopic (exact) mass is 211 g/mol. The predicted octanol–water partition coefficient (Wildman–Crippen LogP) is 0.196. The van der Waals surface area contributed by atoms with E-state index in [1.54, 1.807) is 12.1 Å². The highest BCUT2D eigenvalue weighted by molar-refractivity contribution is 5.87. The van der Waals surface area contributed by atoms with Crippen LogP contribution in [0.15, 0.2) is 12.1 Å². The van der Waals surface area contributed by atoms with Crippen molar-refractivity contribution < 1.29 is 14.6 Å². The lowest BCUT2D eigenvalue weighted by molar-refractivity contribution is -0.114. The van der Waals surface area contributed by atoms with Gasteiger partial charge in [-0.2, -0.15) is 0 Å². The fourth-order valence-electron chi connectivity index (χ4n) is 0.885. The molecule has 0 aliphatic rings. The molecule has 0 fully saturated rings. The Balaban J connectivity index is 2.45. The van der Waals surface area contributed by atoms with E-state index in [4.69, 9.17) is 9.84 Å². The molecule has 6 heteroatoms. The molecular formula is C9H13N3O3. The number of carbonyl (C=O) groups is 1. The lowest BCUT2D eigenvalue weighted by Crippen LogP contribution is -2.08. The van der Waals surface area contributed by atoms with Crippen molar-refractivity contribution in [2.24, 2.45) is 0 Å². The second-order valence-corrected chi connectivity index (χ2v) is 2.86. The van der Waals surface area contributed by atoms with Gasteiger partial charge in [0, 0.05) is 26.0 Å². The Bertz CT molecular complexity index is 313. The quantitative estimate of drug-likeness (QED) is 0.679. The fourth-order valence-corrected chi connectivity index (χ4v) is 0.885. The molecule has 2 N–H and O–H groups in total. The summed E-state index contributed by atoms with van der Waals surface area (Å²) in [7, 11) is 0. The molecule has 0 aliphatic carbocycles. The molecular weight excluding hydrogens is 198 g/mol. The van der Waals surface area contributed by atoms with Crippen LogP contribution in [0.4, 0.5) is 5.82 Å². The molecule has 0 bridgehead atoms. The highest BCUT2D eigenvalue weighted by Gasteiger charge is 1.99. The Morgan fingerprint density at radius 2 is 2.33 bits per heavy atom. The summed E-state index contributed by atoms with van der Waals surface area (Å²) in [5.41, 5.74) is 0. The SMILES string of the molecule is CC(=O)Nc1ccc(OCCCO)nn1. The molecule has 1 rings (SSSR count). The first-order valence-corrected chi connectivity index (χ1v) is 4.57. The molecule has 6 nitrogen and oxygen atoms in total. The maximum absolute atomic E-state index is 10.7. The van der Waals surface area contributed by atoms with E-state index in [0.717, 1.165) is 0 Å². The summed E-state index contributed by atoms with van der Waals surface area (Å²) in [6, 6.07) is 3.21. The van der Waals surface area contributed by atoms with Gasteiger partial charge in [0.25, 0.3) is 0 Å². The number of aliphatic hydroxyl groups is 1. The summed E-state index contributed by atoms with van der Waals surface area (Å²) in [5.74, 6) is 0.563. The van der Waals surface area contributed by atoms with Gasteiger partial charge in [-0.25, -0.2) is 0 Å². The van der Waals surface area contributed by atoms with Crippen LogP contribution in [0.5, 0.6) is 5.88 Å². The van der Waals surface area contributed by atoms with Gasteiger partial charge >= 0.3 is 0 Å². The Labute approximate surface area is 87.3 Å². The number of amides is 1. The number of aromatic nitrogens is 2. The summed E-state index contributed by atoms with van der Waals surface area (Å²) in [6.07, 6.45) is 0.551. The highest BCUT2D eigenvalue weighted by Crippen LogP contribution is 2.08. The smallest absolute Gasteiger partial charge is 0.233 e. The highest BCUT2D eigenvalue weighted by atomic mass is 16.5. The number of carbonyl (C=O) groups excluding carboxylic acids is 1. The van der Waals surface area contributed by atoms with E-state index in [0.29, 0.717) is 24.7 Å². The minimum atomic E-state index is -0.196. The second-order valence-electron chi connectivity index (χ2n) is 2.86. The molecule has 1 heterocycles. The van der Waals surface area contributed by atoms with Crippen molar-refractivity contribution in [1.29, 1.82) is 0 Å². The third-order valence-electron chi connectivity index (χ3n) is 1.50. The number of aliphatic hydroxyl groups excluding tert-OH is 1. The second kappa shape index (κ2) is 5.92. The van der Waals surface area contributed by atoms with Gasteiger partial charge in [-0.05, 0) is 6.07 Å². The molecule has 0 radical (unpaired) electrons. The van der Waals surface area contributed by atoms with Gasteiger partial charge in [0.05, 0.1) is 6.61 Å². The van der Waals surface area contributed by atoms with Crippen molar-refractivity contribution in [2.75, 3.05) is 18.5 Å². The number of ether oxygens (including phenoxy) is 1. The predicted molar refractivity (Wildman–Crippen MR) is 53.5 cm³/mol. The summed E-state index contributed by atoms with van der Waals surface area (Å²) < 4.78 is 5.16. The minimum Gasteiger partial charge on any atom is -0.477 e. The van der Waals surface area contributed by atoms with E-state index in [1.165, 1.54) is 6.92 Å². The molecule has 0 spiro atoms. The van der Waals surface area contributed by atoms with Crippen LogP contribution in [0.25, 0.3) is 0 Å². The zero-order valence-corrected chi connectivity index (χ0v) is 8.43. The zero-order chi connectivity index (χ0) is 11.1. The van der Waals surface area contributed by atoms with E-state index in [-0.39, 0.29) is 12.5 Å². The van der Waals surface area contributed by atoms with Crippen molar-refractivity contribution in [3.63, 3.8) is 0 Å². The topological polar surface area (TPSA) is 84.3 Å². The van der Waals surface area contributed by atoms with Crippen LogP contribution in [0.3, 0.4) is 0 Å². The first-order valence-electron chi connectivity index (χ1n) is 4.57. The molecule has 0 unspecified atom stereocenters. The lowest BCUT2D eigenvalue weighted by atomic mass is 10.5. The van der Waals surface area contributed by atoms with E-state index in [9.17, 15) is 4.79 Å². The van der Waals surface area contributed by atoms with Gasteiger partial charge < -0.3 is 15.2 Å². The molecule has 1 amide bonds. The number of hydrogen-bond acceptors (Lipinski definition) is 5. The molecule has 0 saturated heterocycles. The molecule has 15 heavy (non-hydrogen) atoms. The van der Waals surface area contributed by atoms with Crippen molar-refractivity contribution in [2.45, 2.75) is 13.3 Å². The summed E-state index contributed by atoms with van der Waals surface area (Å²) in [6.45, 7) is 1.87. The maximum atomic E-state index is 10.7. The van der Waals surface area contributed by atoms with Gasteiger partial charge in [0.2, 0.25) is 11.8 Å². The van der Waals surface area contributed by atoms with Gasteiger partial charge in [0.15, 0.2) is 5.82 Å². The van der Waals surface area contributed by atoms with Crippen LogP contribution >= 0.6 is 0 Å². The Kier molecular flexibility index (Phi) is 4.49. The number of nitrogens with zero attached hydrogens (tertiary/aromatic N) is 2. The van der Waals surface area contributed by atoms with Gasteiger partial charge in [-0.1, -0.05) is 0 Å². The standard InChI is InChI=1S/C9H13N3O3/c1-7(14)10-8-3-4-9(12-11-8)15-6-2-5-13/h3-4,13H,2,5-6H2,1H3,(H,10,11,14). The number of anilines is 1. The van der Waals surface area contributed by atoms with E-state index in [2.05, 4.69) is 15.5 Å². The summed E-state index contributed by atoms with van der Waals surface area (Å²) in [5, 5.41) is 18.5. The van der Waals surface area contributed by atoms with Crippen LogP contribution in [0.2, 0.25) is 0 Å². The lowest BCUT2D eigenvalue weighted by Gasteiger charge is -2.04. The molecule has 1 aromatic rings. The fraction of sp³-hybridized carbons (Fsp3) is 0.444. The normalized spacial score (nSPS) is 9.73. The molecule has 1 aromatic heterocycles. The van der Waals surface area contributed by atoms with Gasteiger partial charge in [-0.15, -0.1) is 10.2 Å². The van der Waals surface area contributed by atoms with Gasteiger partial charge in [0.1, 0.15) is 0 Å². The zero-order valence-electron chi connectivity index (χ0n) is 8.43. The van der Waals surface area contributed by atoms with Crippen LogP contribution in [-0.2, 0) is 4.79 Å². The Hall–Kier alpha value is -1.69. The van der Waals surface area contributed by atoms with Crippen LogP contribution in [0, 0.1) is 0 Å². The number of hydrogen-bond donors (Lipinski definition) is 2. The van der Waals surface area contributed by atoms with Crippen LogP contribution < -0.4 is 10.1 Å². The van der Waals surface area contributed by atoms with Crippen molar-refractivity contribution in [3.8, 4) is 5.88 Å².